The number of anilines is 1. The second-order valence-electron chi connectivity index (χ2n) is 4.91. The van der Waals surface area contributed by atoms with Gasteiger partial charge in [0.1, 0.15) is 17.3 Å². The van der Waals surface area contributed by atoms with E-state index in [-0.39, 0.29) is 11.6 Å². The van der Waals surface area contributed by atoms with E-state index >= 15 is 0 Å². The largest absolute Gasteiger partial charge is 0.394 e. The average Bonchev–Trinajstić information content (AvgIpc) is 3.08. The highest BCUT2D eigenvalue weighted by Gasteiger charge is 2.24. The summed E-state index contributed by atoms with van der Waals surface area (Å²) >= 11 is 0. The summed E-state index contributed by atoms with van der Waals surface area (Å²) in [6.45, 7) is 1.89. The second kappa shape index (κ2) is 4.92. The van der Waals surface area contributed by atoms with E-state index in [1.54, 1.807) is 0 Å². The second-order valence-corrected chi connectivity index (χ2v) is 4.91. The summed E-state index contributed by atoms with van der Waals surface area (Å²) in [7, 11) is 0. The van der Waals surface area contributed by atoms with E-state index in [2.05, 4.69) is 5.32 Å². The highest BCUT2D eigenvalue weighted by molar-refractivity contribution is 5.94. The summed E-state index contributed by atoms with van der Waals surface area (Å²) in [4.78, 5) is 11.8. The Hall–Kier alpha value is -1.65. The number of carbonyl (C=O) groups excluding carboxylic acids is 1. The van der Waals surface area contributed by atoms with E-state index in [4.69, 9.17) is 5.73 Å². The minimum Gasteiger partial charge on any atom is -0.394 e. The molecule has 0 heterocycles. The Morgan fingerprint density at radius 1 is 1.44 bits per heavy atom. The van der Waals surface area contributed by atoms with Gasteiger partial charge in [0.05, 0.1) is 0 Å². The summed E-state index contributed by atoms with van der Waals surface area (Å²) in [6.07, 6.45) is 3.31. The highest BCUT2D eigenvalue weighted by Crippen LogP contribution is 2.33. The van der Waals surface area contributed by atoms with E-state index in [1.165, 1.54) is 12.8 Å². The van der Waals surface area contributed by atoms with Gasteiger partial charge in [-0.1, -0.05) is 12.8 Å². The molecule has 1 amide bonds. The molecular formula is C13H16F2N2O. The first-order chi connectivity index (χ1) is 8.47. The molecule has 3 N–H and O–H groups in total. The van der Waals surface area contributed by atoms with Crippen molar-refractivity contribution in [1.29, 1.82) is 0 Å². The molecule has 0 aliphatic heterocycles. The Balaban J connectivity index is 2.03. The summed E-state index contributed by atoms with van der Waals surface area (Å²) in [6, 6.07) is 1.92. The number of halogens is 2. The molecule has 1 fully saturated rings. The molecule has 1 unspecified atom stereocenters. The maximum absolute atomic E-state index is 13.2. The molecule has 0 aromatic heterocycles. The lowest BCUT2D eigenvalue weighted by Crippen LogP contribution is -2.33. The van der Waals surface area contributed by atoms with Gasteiger partial charge in [0.25, 0.3) is 5.91 Å². The zero-order valence-corrected chi connectivity index (χ0v) is 10.2. The van der Waals surface area contributed by atoms with Crippen molar-refractivity contribution in [1.82, 2.24) is 5.32 Å². The molecule has 1 aliphatic carbocycles. The van der Waals surface area contributed by atoms with Crippen molar-refractivity contribution in [3.05, 3.63) is 29.3 Å². The van der Waals surface area contributed by atoms with Crippen LogP contribution in [0.5, 0.6) is 0 Å². The predicted molar refractivity (Wildman–Crippen MR) is 65.0 cm³/mol. The summed E-state index contributed by atoms with van der Waals surface area (Å²) < 4.78 is 26.4. The Morgan fingerprint density at radius 3 is 2.50 bits per heavy atom. The molecule has 1 aromatic rings. The van der Waals surface area contributed by atoms with Crippen LogP contribution in [0.1, 0.15) is 36.5 Å². The molecule has 5 heteroatoms. The van der Waals surface area contributed by atoms with Crippen molar-refractivity contribution in [3.63, 3.8) is 0 Å². The summed E-state index contributed by atoms with van der Waals surface area (Å²) in [5.74, 6) is -1.61. The number of hydrogen-bond acceptors (Lipinski definition) is 2. The van der Waals surface area contributed by atoms with Crippen molar-refractivity contribution in [2.24, 2.45) is 5.92 Å². The number of nitrogen functional groups attached to an aromatic ring is 1. The predicted octanol–water partition coefficient (Wildman–Crippen LogP) is 2.47. The number of rotatable bonds is 4. The molecule has 18 heavy (non-hydrogen) atoms. The molecule has 98 valence electrons. The molecule has 0 bridgehead atoms. The average molecular weight is 254 g/mol. The van der Waals surface area contributed by atoms with Gasteiger partial charge in [-0.15, -0.1) is 0 Å². The van der Waals surface area contributed by atoms with E-state index in [9.17, 15) is 13.6 Å². The van der Waals surface area contributed by atoms with Crippen LogP contribution >= 0.6 is 0 Å². The minimum atomic E-state index is -0.907. The van der Waals surface area contributed by atoms with Gasteiger partial charge in [-0.05, 0) is 31.4 Å². The molecule has 0 spiro atoms. The Kier molecular flexibility index (Phi) is 3.50. The van der Waals surface area contributed by atoms with Crippen molar-refractivity contribution < 1.29 is 13.6 Å². The molecule has 2 rings (SSSR count). The van der Waals surface area contributed by atoms with E-state index in [0.29, 0.717) is 5.92 Å². The van der Waals surface area contributed by atoms with Crippen LogP contribution < -0.4 is 11.1 Å². The fraction of sp³-hybridized carbons (Fsp3) is 0.462. The third kappa shape index (κ3) is 2.97. The summed E-state index contributed by atoms with van der Waals surface area (Å²) in [5.41, 5.74) is 4.55. The molecule has 1 aliphatic rings. The van der Waals surface area contributed by atoms with E-state index in [1.807, 2.05) is 6.92 Å². The van der Waals surface area contributed by atoms with Crippen molar-refractivity contribution >= 4 is 11.6 Å². The lowest BCUT2D eigenvalue weighted by atomic mass is 10.1. The standard InChI is InChI=1S/C13H16F2N2O/c1-7(4-8-2-3-8)17-13(18)9-5-10(14)12(16)11(15)6-9/h5-8H,2-4,16H2,1H3,(H,17,18). The highest BCUT2D eigenvalue weighted by atomic mass is 19.1. The maximum atomic E-state index is 13.2. The van der Waals surface area contributed by atoms with Crippen LogP contribution in [0, 0.1) is 17.6 Å². The first kappa shape index (κ1) is 12.8. The van der Waals surface area contributed by atoms with Gasteiger partial charge in [-0.25, -0.2) is 8.78 Å². The molecule has 0 radical (unpaired) electrons. The van der Waals surface area contributed by atoms with Crippen LogP contribution in [-0.2, 0) is 0 Å². The number of nitrogens with two attached hydrogens (primary N) is 1. The third-order valence-electron chi connectivity index (χ3n) is 3.10. The summed E-state index contributed by atoms with van der Waals surface area (Å²) in [5, 5.41) is 2.73. The zero-order valence-electron chi connectivity index (χ0n) is 10.2. The SMILES string of the molecule is CC(CC1CC1)NC(=O)c1cc(F)c(N)c(F)c1. The topological polar surface area (TPSA) is 55.1 Å². The first-order valence-corrected chi connectivity index (χ1v) is 6.02. The fourth-order valence-corrected chi connectivity index (χ4v) is 1.93. The zero-order chi connectivity index (χ0) is 13.3. The molecule has 3 nitrogen and oxygen atoms in total. The van der Waals surface area contributed by atoms with Crippen molar-refractivity contribution in [3.8, 4) is 0 Å². The number of hydrogen-bond donors (Lipinski definition) is 2. The van der Waals surface area contributed by atoms with E-state index in [0.717, 1.165) is 18.6 Å². The number of benzene rings is 1. The Labute approximate surface area is 104 Å². The van der Waals surface area contributed by atoms with Crippen LogP contribution in [0.4, 0.5) is 14.5 Å². The molecule has 1 atom stereocenters. The number of carbonyl (C=O) groups is 1. The lowest BCUT2D eigenvalue weighted by molar-refractivity contribution is 0.0936. The smallest absolute Gasteiger partial charge is 0.251 e. The molecule has 0 saturated heterocycles. The van der Waals surface area contributed by atoms with Gasteiger partial charge in [0.2, 0.25) is 0 Å². The Morgan fingerprint density at radius 2 is 2.00 bits per heavy atom. The van der Waals surface area contributed by atoms with Crippen LogP contribution in [0.2, 0.25) is 0 Å². The van der Waals surface area contributed by atoms with Crippen LogP contribution in [0.3, 0.4) is 0 Å². The van der Waals surface area contributed by atoms with Crippen LogP contribution in [0.25, 0.3) is 0 Å². The first-order valence-electron chi connectivity index (χ1n) is 6.02. The van der Waals surface area contributed by atoms with Crippen molar-refractivity contribution in [2.45, 2.75) is 32.2 Å². The lowest BCUT2D eigenvalue weighted by Gasteiger charge is -2.13. The normalized spacial score (nSPS) is 16.4. The van der Waals surface area contributed by atoms with Gasteiger partial charge < -0.3 is 11.1 Å². The number of nitrogens with one attached hydrogen (secondary N) is 1. The molecular weight excluding hydrogens is 238 g/mol. The van der Waals surface area contributed by atoms with E-state index < -0.39 is 23.2 Å². The van der Waals surface area contributed by atoms with Crippen LogP contribution in [-0.4, -0.2) is 11.9 Å². The molecule has 1 aromatic carbocycles. The fourth-order valence-electron chi connectivity index (χ4n) is 1.93. The van der Waals surface area contributed by atoms with Gasteiger partial charge in [0, 0.05) is 11.6 Å². The van der Waals surface area contributed by atoms with Gasteiger partial charge in [-0.2, -0.15) is 0 Å². The Bertz CT molecular complexity index is 449. The monoisotopic (exact) mass is 254 g/mol. The van der Waals surface area contributed by atoms with Gasteiger partial charge in [0.15, 0.2) is 0 Å². The molecule has 1 saturated carbocycles. The third-order valence-corrected chi connectivity index (χ3v) is 3.10. The van der Waals surface area contributed by atoms with Gasteiger partial charge >= 0.3 is 0 Å². The quantitative estimate of drug-likeness (QED) is 0.811. The number of amides is 1. The maximum Gasteiger partial charge on any atom is 0.251 e. The minimum absolute atomic E-state index is 0.00803. The van der Waals surface area contributed by atoms with Crippen LogP contribution in [0.15, 0.2) is 12.1 Å². The van der Waals surface area contributed by atoms with Crippen molar-refractivity contribution in [2.75, 3.05) is 5.73 Å². The van der Waals surface area contributed by atoms with Gasteiger partial charge in [-0.3, -0.25) is 4.79 Å².